The molecule has 1 aliphatic rings. The second kappa shape index (κ2) is 6.69. The molecule has 2 unspecified atom stereocenters. The first-order valence-corrected chi connectivity index (χ1v) is 8.11. The van der Waals surface area contributed by atoms with E-state index in [0.717, 1.165) is 32.0 Å². The van der Waals surface area contributed by atoms with Gasteiger partial charge in [0.05, 0.1) is 0 Å². The summed E-state index contributed by atoms with van der Waals surface area (Å²) in [4.78, 5) is 5.65. The van der Waals surface area contributed by atoms with Crippen LogP contribution in [0.5, 0.6) is 0 Å². The van der Waals surface area contributed by atoms with Crippen molar-refractivity contribution >= 4 is 11.3 Å². The molecule has 1 aromatic heterocycles. The molecule has 0 radical (unpaired) electrons. The van der Waals surface area contributed by atoms with Crippen LogP contribution in [0.25, 0.3) is 0 Å². The number of nitrogens with two attached hydrogens (primary N) is 1. The Hall–Kier alpha value is -0.380. The van der Waals surface area contributed by atoms with Crippen LogP contribution in [0.15, 0.2) is 12.1 Å². The average Bonchev–Trinajstić information content (AvgIpc) is 3.04. The zero-order valence-electron chi connectivity index (χ0n) is 11.7. The minimum Gasteiger partial charge on any atom is -0.330 e. The van der Waals surface area contributed by atoms with Gasteiger partial charge in [-0.3, -0.25) is 4.90 Å². The number of hydrogen-bond donors (Lipinski definition) is 1. The molecule has 2 nitrogen and oxygen atoms in total. The van der Waals surface area contributed by atoms with E-state index in [1.165, 1.54) is 29.0 Å². The van der Waals surface area contributed by atoms with Gasteiger partial charge >= 0.3 is 0 Å². The first kappa shape index (κ1) is 14.0. The fourth-order valence-corrected chi connectivity index (χ4v) is 4.12. The number of hydrogen-bond acceptors (Lipinski definition) is 3. The molecule has 2 N–H and O–H groups in total. The van der Waals surface area contributed by atoms with Gasteiger partial charge in [-0.15, -0.1) is 11.3 Å². The Labute approximate surface area is 115 Å². The minimum atomic E-state index is 0.715. The third kappa shape index (κ3) is 3.14. The lowest BCUT2D eigenvalue weighted by Crippen LogP contribution is -2.39. The van der Waals surface area contributed by atoms with E-state index in [1.807, 2.05) is 11.3 Å². The molecule has 0 bridgehead atoms. The van der Waals surface area contributed by atoms with Gasteiger partial charge in [0.15, 0.2) is 0 Å². The summed E-state index contributed by atoms with van der Waals surface area (Å²) in [5, 5.41) is 0. The molecule has 18 heavy (non-hydrogen) atoms. The zero-order valence-corrected chi connectivity index (χ0v) is 12.5. The van der Waals surface area contributed by atoms with Gasteiger partial charge in [-0.1, -0.05) is 20.3 Å². The van der Waals surface area contributed by atoms with E-state index in [4.69, 9.17) is 5.73 Å². The van der Waals surface area contributed by atoms with Crippen LogP contribution in [0, 0.1) is 5.92 Å². The Morgan fingerprint density at radius 3 is 2.67 bits per heavy atom. The van der Waals surface area contributed by atoms with E-state index in [9.17, 15) is 0 Å². The number of aryl methyl sites for hydroxylation is 1. The van der Waals surface area contributed by atoms with Crippen molar-refractivity contribution in [1.82, 2.24) is 4.90 Å². The van der Waals surface area contributed by atoms with Gasteiger partial charge in [-0.25, -0.2) is 0 Å². The highest BCUT2D eigenvalue weighted by Gasteiger charge is 2.30. The van der Waals surface area contributed by atoms with Crippen molar-refractivity contribution in [1.29, 1.82) is 0 Å². The van der Waals surface area contributed by atoms with Crippen LogP contribution in [0.1, 0.15) is 42.9 Å². The summed E-state index contributed by atoms with van der Waals surface area (Å²) in [6.45, 7) is 7.61. The van der Waals surface area contributed by atoms with E-state index in [1.54, 1.807) is 0 Å². The number of nitrogens with zero attached hydrogens (tertiary/aromatic N) is 1. The molecule has 1 heterocycles. The van der Waals surface area contributed by atoms with Gasteiger partial charge < -0.3 is 5.73 Å². The summed E-state index contributed by atoms with van der Waals surface area (Å²) in [5.74, 6) is 0.718. The maximum atomic E-state index is 5.91. The molecule has 1 saturated carbocycles. The first-order chi connectivity index (χ1) is 8.78. The Kier molecular flexibility index (Phi) is 5.22. The van der Waals surface area contributed by atoms with Crippen LogP contribution >= 0.6 is 11.3 Å². The van der Waals surface area contributed by atoms with Crippen molar-refractivity contribution in [2.45, 2.75) is 52.1 Å². The lowest BCUT2D eigenvalue weighted by Gasteiger charge is -2.31. The largest absolute Gasteiger partial charge is 0.330 e. The maximum Gasteiger partial charge on any atom is 0.0330 e. The molecule has 1 fully saturated rings. The molecule has 1 aliphatic carbocycles. The summed E-state index contributed by atoms with van der Waals surface area (Å²) in [6.07, 6.45) is 5.17. The Morgan fingerprint density at radius 2 is 2.06 bits per heavy atom. The second-order valence-electron chi connectivity index (χ2n) is 5.28. The summed E-state index contributed by atoms with van der Waals surface area (Å²) < 4.78 is 0. The lowest BCUT2D eigenvalue weighted by atomic mass is 10.0. The van der Waals surface area contributed by atoms with Gasteiger partial charge in [0, 0.05) is 22.3 Å². The average molecular weight is 266 g/mol. The maximum absolute atomic E-state index is 5.91. The quantitative estimate of drug-likeness (QED) is 0.856. The highest BCUT2D eigenvalue weighted by molar-refractivity contribution is 7.11. The van der Waals surface area contributed by atoms with E-state index in [2.05, 4.69) is 30.9 Å². The van der Waals surface area contributed by atoms with Crippen LogP contribution in [0.3, 0.4) is 0 Å². The highest BCUT2D eigenvalue weighted by atomic mass is 32.1. The van der Waals surface area contributed by atoms with Gasteiger partial charge in [0.1, 0.15) is 0 Å². The van der Waals surface area contributed by atoms with Crippen molar-refractivity contribution in [2.24, 2.45) is 11.7 Å². The van der Waals surface area contributed by atoms with Crippen molar-refractivity contribution in [3.8, 4) is 0 Å². The minimum absolute atomic E-state index is 0.715. The van der Waals surface area contributed by atoms with E-state index < -0.39 is 0 Å². The van der Waals surface area contributed by atoms with Gasteiger partial charge in [-0.05, 0) is 50.4 Å². The summed E-state index contributed by atoms with van der Waals surface area (Å²) in [6, 6.07) is 5.30. The molecule has 0 saturated heterocycles. The predicted molar refractivity (Wildman–Crippen MR) is 80.0 cm³/mol. The summed E-state index contributed by atoms with van der Waals surface area (Å²) >= 11 is 1.97. The van der Waals surface area contributed by atoms with Crippen molar-refractivity contribution in [3.63, 3.8) is 0 Å². The molecule has 0 aliphatic heterocycles. The van der Waals surface area contributed by atoms with Crippen molar-refractivity contribution in [2.75, 3.05) is 13.1 Å². The van der Waals surface area contributed by atoms with Crippen LogP contribution in [-0.2, 0) is 13.0 Å². The topological polar surface area (TPSA) is 29.3 Å². The van der Waals surface area contributed by atoms with Crippen molar-refractivity contribution < 1.29 is 0 Å². The van der Waals surface area contributed by atoms with E-state index in [-0.39, 0.29) is 0 Å². The third-order valence-electron chi connectivity index (χ3n) is 4.22. The zero-order chi connectivity index (χ0) is 13.0. The SMILES string of the molecule is CCc1ccc(CN(CC)C2CCCC2CN)s1. The normalized spacial score (nSPS) is 24.0. The first-order valence-electron chi connectivity index (χ1n) is 7.30. The Morgan fingerprint density at radius 1 is 1.28 bits per heavy atom. The highest BCUT2D eigenvalue weighted by Crippen LogP contribution is 2.31. The molecule has 2 rings (SSSR count). The predicted octanol–water partition coefficient (Wildman–Crippen LogP) is 3.26. The second-order valence-corrected chi connectivity index (χ2v) is 6.53. The van der Waals surface area contributed by atoms with Gasteiger partial charge in [0.25, 0.3) is 0 Å². The molecule has 102 valence electrons. The molecular weight excluding hydrogens is 240 g/mol. The van der Waals surface area contributed by atoms with Crippen molar-refractivity contribution in [3.05, 3.63) is 21.9 Å². The van der Waals surface area contributed by atoms with Crippen LogP contribution in [-0.4, -0.2) is 24.0 Å². The summed E-state index contributed by atoms with van der Waals surface area (Å²) in [5.41, 5.74) is 5.91. The molecular formula is C15H26N2S. The molecule has 0 spiro atoms. The molecule has 1 aromatic rings. The van der Waals surface area contributed by atoms with Crippen LogP contribution < -0.4 is 5.73 Å². The lowest BCUT2D eigenvalue weighted by molar-refractivity contribution is 0.163. The van der Waals surface area contributed by atoms with E-state index in [0.29, 0.717) is 6.04 Å². The third-order valence-corrected chi connectivity index (χ3v) is 5.44. The van der Waals surface area contributed by atoms with E-state index >= 15 is 0 Å². The molecule has 0 aromatic carbocycles. The molecule has 0 amide bonds. The summed E-state index contributed by atoms with van der Waals surface area (Å²) in [7, 11) is 0. The molecule has 3 heteroatoms. The fourth-order valence-electron chi connectivity index (χ4n) is 3.13. The standard InChI is InChI=1S/C15H26N2S/c1-3-13-8-9-14(18-13)11-17(4-2)15-7-5-6-12(15)10-16/h8-9,12,15H,3-7,10-11,16H2,1-2H3. The fraction of sp³-hybridized carbons (Fsp3) is 0.733. The monoisotopic (exact) mass is 266 g/mol. The number of rotatable bonds is 6. The Balaban J connectivity index is 2.00. The van der Waals surface area contributed by atoms with Gasteiger partial charge in [-0.2, -0.15) is 0 Å². The Bertz CT molecular complexity index is 361. The van der Waals surface area contributed by atoms with Gasteiger partial charge in [0.2, 0.25) is 0 Å². The number of thiophene rings is 1. The smallest absolute Gasteiger partial charge is 0.0330 e. The van der Waals surface area contributed by atoms with Crippen LogP contribution in [0.4, 0.5) is 0 Å². The van der Waals surface area contributed by atoms with Crippen LogP contribution in [0.2, 0.25) is 0 Å². The molecule has 2 atom stereocenters.